The Labute approximate surface area is 149 Å². The van der Waals surface area contributed by atoms with Crippen molar-refractivity contribution >= 4 is 8.32 Å². The normalized spacial score (nSPS) is 12.0. The SMILES string of the molecule is CCCCCCCCCCCCCCCO[Si](C)(C)CCCC. The maximum Gasteiger partial charge on any atom is 0.186 e. The highest BCUT2D eigenvalue weighted by atomic mass is 28.4. The summed E-state index contributed by atoms with van der Waals surface area (Å²) in [5.41, 5.74) is 0. The summed E-state index contributed by atoms with van der Waals surface area (Å²) in [6, 6.07) is 1.34. The van der Waals surface area contributed by atoms with Crippen LogP contribution in [0, 0.1) is 0 Å². The molecule has 0 aliphatic heterocycles. The lowest BCUT2D eigenvalue weighted by Gasteiger charge is -2.22. The van der Waals surface area contributed by atoms with E-state index < -0.39 is 8.32 Å². The quantitative estimate of drug-likeness (QED) is 0.180. The molecule has 0 aromatic rings. The van der Waals surface area contributed by atoms with Gasteiger partial charge in [-0.3, -0.25) is 0 Å². The van der Waals surface area contributed by atoms with E-state index in [9.17, 15) is 0 Å². The third-order valence-electron chi connectivity index (χ3n) is 4.87. The second kappa shape index (κ2) is 17.0. The Kier molecular flexibility index (Phi) is 17.1. The predicted octanol–water partition coefficient (Wildman–Crippen LogP) is 8.10. The molecule has 0 bridgehead atoms. The van der Waals surface area contributed by atoms with Crippen LogP contribution in [-0.4, -0.2) is 14.9 Å². The molecule has 1 nitrogen and oxygen atoms in total. The molecular weight excluding hydrogens is 296 g/mol. The molecule has 23 heavy (non-hydrogen) atoms. The molecule has 2 heteroatoms. The number of hydrogen-bond donors (Lipinski definition) is 0. The van der Waals surface area contributed by atoms with Gasteiger partial charge in [0.05, 0.1) is 0 Å². The van der Waals surface area contributed by atoms with Gasteiger partial charge in [0.2, 0.25) is 0 Å². The van der Waals surface area contributed by atoms with E-state index in [1.807, 2.05) is 0 Å². The lowest BCUT2D eigenvalue weighted by molar-refractivity contribution is 0.293. The van der Waals surface area contributed by atoms with Gasteiger partial charge in [-0.05, 0) is 25.6 Å². The van der Waals surface area contributed by atoms with Crippen molar-refractivity contribution in [3.8, 4) is 0 Å². The van der Waals surface area contributed by atoms with Gasteiger partial charge in [-0.2, -0.15) is 0 Å². The highest BCUT2D eigenvalue weighted by Gasteiger charge is 2.20. The second-order valence-corrected chi connectivity index (χ2v) is 12.3. The topological polar surface area (TPSA) is 9.23 Å². The molecule has 0 N–H and O–H groups in total. The number of rotatable bonds is 18. The van der Waals surface area contributed by atoms with Crippen LogP contribution in [0.2, 0.25) is 19.1 Å². The van der Waals surface area contributed by atoms with Gasteiger partial charge in [0.1, 0.15) is 0 Å². The summed E-state index contributed by atoms with van der Waals surface area (Å²) in [6.07, 6.45) is 21.2. The minimum atomic E-state index is -1.33. The molecule has 0 amide bonds. The summed E-state index contributed by atoms with van der Waals surface area (Å²) in [5.74, 6) is 0. The molecule has 0 aliphatic carbocycles. The molecule has 0 heterocycles. The van der Waals surface area contributed by atoms with Gasteiger partial charge < -0.3 is 4.43 Å². The van der Waals surface area contributed by atoms with Crippen LogP contribution in [0.15, 0.2) is 0 Å². The Balaban J connectivity index is 3.16. The Morgan fingerprint density at radius 3 is 1.35 bits per heavy atom. The average molecular weight is 343 g/mol. The van der Waals surface area contributed by atoms with Crippen LogP contribution in [0.1, 0.15) is 110 Å². The molecule has 0 spiro atoms. The van der Waals surface area contributed by atoms with Gasteiger partial charge in [0.15, 0.2) is 8.32 Å². The summed E-state index contributed by atoms with van der Waals surface area (Å²) in [6.45, 7) is 10.3. The summed E-state index contributed by atoms with van der Waals surface area (Å²) in [5, 5.41) is 0. The Bertz CT molecular complexity index is 228. The standard InChI is InChI=1S/C21H46OSi/c1-5-7-9-10-11-12-13-14-15-16-17-18-19-20-22-23(3,4)21-8-6-2/h5-21H2,1-4H3. The van der Waals surface area contributed by atoms with Crippen LogP contribution in [0.25, 0.3) is 0 Å². The molecule has 0 unspecified atom stereocenters. The van der Waals surface area contributed by atoms with E-state index in [-0.39, 0.29) is 0 Å². The fourth-order valence-electron chi connectivity index (χ4n) is 3.14. The monoisotopic (exact) mass is 342 g/mol. The molecule has 0 aromatic carbocycles. The van der Waals surface area contributed by atoms with E-state index in [1.165, 1.54) is 102 Å². The third-order valence-corrected chi connectivity index (χ3v) is 7.42. The lowest BCUT2D eigenvalue weighted by Crippen LogP contribution is -2.30. The zero-order chi connectivity index (χ0) is 17.2. The van der Waals surface area contributed by atoms with Crippen LogP contribution < -0.4 is 0 Å². The van der Waals surface area contributed by atoms with Gasteiger partial charge in [0, 0.05) is 6.61 Å². The number of hydrogen-bond acceptors (Lipinski definition) is 1. The van der Waals surface area contributed by atoms with Gasteiger partial charge in [-0.15, -0.1) is 0 Å². The van der Waals surface area contributed by atoms with Crippen molar-refractivity contribution in [3.05, 3.63) is 0 Å². The first-order chi connectivity index (χ1) is 11.1. The first-order valence-corrected chi connectivity index (χ1v) is 13.9. The first kappa shape index (κ1) is 23.2. The lowest BCUT2D eigenvalue weighted by atomic mass is 10.0. The molecule has 0 saturated heterocycles. The Morgan fingerprint density at radius 2 is 0.913 bits per heavy atom. The average Bonchev–Trinajstić information content (AvgIpc) is 2.53. The van der Waals surface area contributed by atoms with E-state index in [4.69, 9.17) is 4.43 Å². The van der Waals surface area contributed by atoms with E-state index in [1.54, 1.807) is 0 Å². The van der Waals surface area contributed by atoms with E-state index in [0.29, 0.717) is 0 Å². The Hall–Kier alpha value is 0.177. The van der Waals surface area contributed by atoms with Crippen LogP contribution in [-0.2, 0) is 4.43 Å². The zero-order valence-corrected chi connectivity index (χ0v) is 17.9. The molecule has 0 saturated carbocycles. The van der Waals surface area contributed by atoms with Crippen molar-refractivity contribution in [1.29, 1.82) is 0 Å². The van der Waals surface area contributed by atoms with Crippen LogP contribution in [0.5, 0.6) is 0 Å². The maximum atomic E-state index is 6.17. The van der Waals surface area contributed by atoms with Crippen LogP contribution >= 0.6 is 0 Å². The second-order valence-electron chi connectivity index (χ2n) is 7.95. The van der Waals surface area contributed by atoms with Gasteiger partial charge in [-0.25, -0.2) is 0 Å². The summed E-state index contributed by atoms with van der Waals surface area (Å²) in [4.78, 5) is 0. The van der Waals surface area contributed by atoms with Crippen LogP contribution in [0.3, 0.4) is 0 Å². The maximum absolute atomic E-state index is 6.17. The minimum absolute atomic E-state index is 1.01. The van der Waals surface area contributed by atoms with Crippen LogP contribution in [0.4, 0.5) is 0 Å². The highest BCUT2D eigenvalue weighted by Crippen LogP contribution is 2.16. The van der Waals surface area contributed by atoms with E-state index >= 15 is 0 Å². The minimum Gasteiger partial charge on any atom is -0.417 e. The van der Waals surface area contributed by atoms with E-state index in [2.05, 4.69) is 26.9 Å². The fourth-order valence-corrected chi connectivity index (χ4v) is 5.19. The predicted molar refractivity (Wildman–Crippen MR) is 109 cm³/mol. The van der Waals surface area contributed by atoms with Crippen molar-refractivity contribution in [3.63, 3.8) is 0 Å². The molecule has 0 aromatic heterocycles. The molecule has 0 rings (SSSR count). The summed E-state index contributed by atoms with van der Waals surface area (Å²) in [7, 11) is -1.33. The molecular formula is C21H46OSi. The number of unbranched alkanes of at least 4 members (excludes halogenated alkanes) is 13. The smallest absolute Gasteiger partial charge is 0.186 e. The van der Waals surface area contributed by atoms with Gasteiger partial charge in [-0.1, -0.05) is 104 Å². The third kappa shape index (κ3) is 18.4. The Morgan fingerprint density at radius 1 is 0.522 bits per heavy atom. The van der Waals surface area contributed by atoms with Crippen molar-refractivity contribution in [2.24, 2.45) is 0 Å². The van der Waals surface area contributed by atoms with Crippen molar-refractivity contribution in [2.75, 3.05) is 6.61 Å². The molecule has 0 aliphatic rings. The fraction of sp³-hybridized carbons (Fsp3) is 1.00. The van der Waals surface area contributed by atoms with E-state index in [0.717, 1.165) is 6.61 Å². The van der Waals surface area contributed by atoms with Crippen molar-refractivity contribution < 1.29 is 4.43 Å². The largest absolute Gasteiger partial charge is 0.417 e. The van der Waals surface area contributed by atoms with Crippen molar-refractivity contribution in [1.82, 2.24) is 0 Å². The zero-order valence-electron chi connectivity index (χ0n) is 16.9. The summed E-state index contributed by atoms with van der Waals surface area (Å²) >= 11 is 0. The molecule has 0 atom stereocenters. The first-order valence-electron chi connectivity index (χ1n) is 10.8. The summed E-state index contributed by atoms with van der Waals surface area (Å²) < 4.78 is 6.17. The molecule has 0 fully saturated rings. The van der Waals surface area contributed by atoms with Gasteiger partial charge >= 0.3 is 0 Å². The van der Waals surface area contributed by atoms with Gasteiger partial charge in [0.25, 0.3) is 0 Å². The van der Waals surface area contributed by atoms with Crippen molar-refractivity contribution in [2.45, 2.75) is 129 Å². The molecule has 140 valence electrons. The molecule has 0 radical (unpaired) electrons. The highest BCUT2D eigenvalue weighted by molar-refractivity contribution is 6.71.